The molecule has 1 aliphatic heterocycles. The fourth-order valence-electron chi connectivity index (χ4n) is 2.84. The van der Waals surface area contributed by atoms with Gasteiger partial charge >= 0.3 is 0 Å². The van der Waals surface area contributed by atoms with Crippen LogP contribution in [0.15, 0.2) is 28.7 Å². The Balaban J connectivity index is 1.65. The first-order chi connectivity index (χ1) is 9.66. The zero-order chi connectivity index (χ0) is 14.4. The van der Waals surface area contributed by atoms with Gasteiger partial charge in [0.15, 0.2) is 0 Å². The topological polar surface area (TPSA) is 15.3 Å². The molecule has 3 heteroatoms. The van der Waals surface area contributed by atoms with Crippen LogP contribution < -0.4 is 5.32 Å². The van der Waals surface area contributed by atoms with Crippen LogP contribution in [-0.4, -0.2) is 31.1 Å². The van der Waals surface area contributed by atoms with Crippen LogP contribution in [-0.2, 0) is 0 Å². The molecule has 112 valence electrons. The van der Waals surface area contributed by atoms with Gasteiger partial charge in [0.05, 0.1) is 0 Å². The number of rotatable bonds is 6. The Morgan fingerprint density at radius 1 is 1.30 bits per heavy atom. The molecule has 1 atom stereocenters. The molecule has 0 saturated carbocycles. The van der Waals surface area contributed by atoms with Gasteiger partial charge in [-0.25, -0.2) is 0 Å². The van der Waals surface area contributed by atoms with E-state index in [0.29, 0.717) is 6.04 Å². The van der Waals surface area contributed by atoms with Gasteiger partial charge in [-0.2, -0.15) is 0 Å². The summed E-state index contributed by atoms with van der Waals surface area (Å²) in [7, 11) is 0. The highest BCUT2D eigenvalue weighted by Gasteiger charge is 2.15. The van der Waals surface area contributed by atoms with E-state index in [4.69, 9.17) is 0 Å². The van der Waals surface area contributed by atoms with Crippen molar-refractivity contribution in [1.29, 1.82) is 0 Å². The lowest BCUT2D eigenvalue weighted by Gasteiger charge is -2.30. The van der Waals surface area contributed by atoms with E-state index >= 15 is 0 Å². The van der Waals surface area contributed by atoms with Crippen molar-refractivity contribution in [3.63, 3.8) is 0 Å². The first-order valence-electron chi connectivity index (χ1n) is 7.87. The van der Waals surface area contributed by atoms with E-state index in [0.717, 1.165) is 12.5 Å². The maximum Gasteiger partial charge on any atom is 0.0302 e. The quantitative estimate of drug-likeness (QED) is 0.781. The second kappa shape index (κ2) is 8.16. The first kappa shape index (κ1) is 16.0. The van der Waals surface area contributed by atoms with Crippen molar-refractivity contribution in [2.75, 3.05) is 26.2 Å². The molecule has 20 heavy (non-hydrogen) atoms. The Bertz CT molecular complexity index is 400. The van der Waals surface area contributed by atoms with Crippen LogP contribution in [0.4, 0.5) is 0 Å². The highest BCUT2D eigenvalue weighted by molar-refractivity contribution is 9.10. The minimum absolute atomic E-state index is 0.409. The highest BCUT2D eigenvalue weighted by Crippen LogP contribution is 2.22. The summed E-state index contributed by atoms with van der Waals surface area (Å²) in [5, 5.41) is 3.63. The van der Waals surface area contributed by atoms with Gasteiger partial charge in [0, 0.05) is 10.5 Å². The third-order valence-corrected chi connectivity index (χ3v) is 5.07. The van der Waals surface area contributed by atoms with Crippen molar-refractivity contribution < 1.29 is 0 Å². The summed E-state index contributed by atoms with van der Waals surface area (Å²) in [5.74, 6) is 0.930. The van der Waals surface area contributed by atoms with Gasteiger partial charge in [0.25, 0.3) is 0 Å². The molecule has 2 nitrogen and oxygen atoms in total. The number of hydrogen-bond acceptors (Lipinski definition) is 2. The molecule has 0 aromatic heterocycles. The minimum Gasteiger partial charge on any atom is -0.310 e. The van der Waals surface area contributed by atoms with E-state index in [-0.39, 0.29) is 0 Å². The molecular weight excluding hydrogens is 312 g/mol. The van der Waals surface area contributed by atoms with E-state index in [2.05, 4.69) is 64.3 Å². The lowest BCUT2D eigenvalue weighted by Crippen LogP contribution is -2.35. The lowest BCUT2D eigenvalue weighted by molar-refractivity contribution is 0.190. The molecule has 1 aliphatic rings. The third kappa shape index (κ3) is 4.87. The van der Waals surface area contributed by atoms with Crippen molar-refractivity contribution in [1.82, 2.24) is 10.2 Å². The van der Waals surface area contributed by atoms with Crippen LogP contribution in [0.5, 0.6) is 0 Å². The molecule has 1 aromatic carbocycles. The number of halogens is 1. The van der Waals surface area contributed by atoms with E-state index in [1.54, 1.807) is 0 Å². The van der Waals surface area contributed by atoms with Crippen LogP contribution in [0.25, 0.3) is 0 Å². The Labute approximate surface area is 132 Å². The van der Waals surface area contributed by atoms with Crippen LogP contribution in [0, 0.1) is 5.92 Å². The largest absolute Gasteiger partial charge is 0.310 e. The van der Waals surface area contributed by atoms with Crippen LogP contribution >= 0.6 is 15.9 Å². The van der Waals surface area contributed by atoms with Crippen molar-refractivity contribution in [2.45, 2.75) is 39.2 Å². The van der Waals surface area contributed by atoms with Gasteiger partial charge < -0.3 is 10.2 Å². The molecule has 0 radical (unpaired) electrons. The fourth-order valence-corrected chi connectivity index (χ4v) is 3.47. The molecule has 0 aliphatic carbocycles. The number of benzene rings is 1. The summed E-state index contributed by atoms with van der Waals surface area (Å²) >= 11 is 3.63. The monoisotopic (exact) mass is 338 g/mol. The number of likely N-dealkylation sites (tertiary alicyclic amines) is 1. The third-order valence-electron chi connectivity index (χ3n) is 4.35. The van der Waals surface area contributed by atoms with Gasteiger partial charge in [-0.15, -0.1) is 0 Å². The van der Waals surface area contributed by atoms with Gasteiger partial charge in [-0.3, -0.25) is 0 Å². The molecule has 0 spiro atoms. The Morgan fingerprint density at radius 2 is 2.00 bits per heavy atom. The SMILES string of the molecule is CC1CCN(CCCNC(C)c2ccccc2Br)CC1. The van der Waals surface area contributed by atoms with Crippen molar-refractivity contribution >= 4 is 15.9 Å². The second-order valence-electron chi connectivity index (χ2n) is 6.08. The van der Waals surface area contributed by atoms with Crippen LogP contribution in [0.2, 0.25) is 0 Å². The number of piperidine rings is 1. The average molecular weight is 339 g/mol. The minimum atomic E-state index is 0.409. The summed E-state index contributed by atoms with van der Waals surface area (Å²) in [6.45, 7) is 9.53. The summed E-state index contributed by atoms with van der Waals surface area (Å²) in [6.07, 6.45) is 3.99. The standard InChI is InChI=1S/C17H27BrN2/c1-14-8-12-20(13-9-14)11-5-10-19-15(2)16-6-3-4-7-17(16)18/h3-4,6-7,14-15,19H,5,8-13H2,1-2H3. The lowest BCUT2D eigenvalue weighted by atomic mass is 9.99. The molecule has 1 unspecified atom stereocenters. The highest BCUT2D eigenvalue weighted by atomic mass is 79.9. The van der Waals surface area contributed by atoms with Gasteiger partial charge in [-0.05, 0) is 69.9 Å². The smallest absolute Gasteiger partial charge is 0.0302 e. The Hall–Kier alpha value is -0.380. The zero-order valence-electron chi connectivity index (χ0n) is 12.7. The maximum absolute atomic E-state index is 3.63. The summed E-state index contributed by atoms with van der Waals surface area (Å²) < 4.78 is 1.20. The predicted molar refractivity (Wildman–Crippen MR) is 90.0 cm³/mol. The number of nitrogens with zero attached hydrogens (tertiary/aromatic N) is 1. The van der Waals surface area contributed by atoms with Gasteiger partial charge in [0.2, 0.25) is 0 Å². The summed E-state index contributed by atoms with van der Waals surface area (Å²) in [4.78, 5) is 2.62. The average Bonchev–Trinajstić information content (AvgIpc) is 2.46. The molecular formula is C17H27BrN2. The second-order valence-corrected chi connectivity index (χ2v) is 6.93. The molecule has 0 bridgehead atoms. The number of hydrogen-bond donors (Lipinski definition) is 1. The first-order valence-corrected chi connectivity index (χ1v) is 8.66. The molecule has 1 saturated heterocycles. The summed E-state index contributed by atoms with van der Waals surface area (Å²) in [5.41, 5.74) is 1.35. The molecule has 1 N–H and O–H groups in total. The molecule has 1 fully saturated rings. The zero-order valence-corrected chi connectivity index (χ0v) is 14.3. The molecule has 2 rings (SSSR count). The fraction of sp³-hybridized carbons (Fsp3) is 0.647. The summed E-state index contributed by atoms with van der Waals surface area (Å²) in [6, 6.07) is 8.88. The van der Waals surface area contributed by atoms with E-state index in [1.807, 2.05) is 0 Å². The Kier molecular flexibility index (Phi) is 6.53. The van der Waals surface area contributed by atoms with Crippen LogP contribution in [0.1, 0.15) is 44.7 Å². The van der Waals surface area contributed by atoms with Gasteiger partial charge in [-0.1, -0.05) is 41.1 Å². The van der Waals surface area contributed by atoms with E-state index in [1.165, 1.54) is 48.9 Å². The molecule has 1 aromatic rings. The van der Waals surface area contributed by atoms with E-state index < -0.39 is 0 Å². The molecule has 0 amide bonds. The predicted octanol–water partition coefficient (Wildman–Crippen LogP) is 4.22. The van der Waals surface area contributed by atoms with Crippen molar-refractivity contribution in [3.8, 4) is 0 Å². The van der Waals surface area contributed by atoms with Crippen molar-refractivity contribution in [2.24, 2.45) is 5.92 Å². The Morgan fingerprint density at radius 3 is 2.70 bits per heavy atom. The van der Waals surface area contributed by atoms with Crippen molar-refractivity contribution in [3.05, 3.63) is 34.3 Å². The maximum atomic E-state index is 3.63. The normalized spacial score (nSPS) is 19.1. The van der Waals surface area contributed by atoms with E-state index in [9.17, 15) is 0 Å². The molecule has 1 heterocycles. The number of nitrogens with one attached hydrogen (secondary N) is 1. The van der Waals surface area contributed by atoms with Crippen LogP contribution in [0.3, 0.4) is 0 Å². The van der Waals surface area contributed by atoms with Gasteiger partial charge in [0.1, 0.15) is 0 Å².